The van der Waals surface area contributed by atoms with Crippen molar-refractivity contribution in [2.45, 2.75) is 30.7 Å². The van der Waals surface area contributed by atoms with Crippen LogP contribution in [0.3, 0.4) is 0 Å². The molecule has 1 fully saturated rings. The molecule has 3 heterocycles. The highest BCUT2D eigenvalue weighted by molar-refractivity contribution is 6.34. The summed E-state index contributed by atoms with van der Waals surface area (Å²) < 4.78 is 45.7. The van der Waals surface area contributed by atoms with Gasteiger partial charge in [0, 0.05) is 6.20 Å². The van der Waals surface area contributed by atoms with Gasteiger partial charge in [-0.05, 0) is 0 Å². The van der Waals surface area contributed by atoms with Crippen LogP contribution in [0.25, 0.3) is 11.0 Å². The second-order valence-corrected chi connectivity index (χ2v) is 5.40. The van der Waals surface area contributed by atoms with Gasteiger partial charge < -0.3 is 24.6 Å². The van der Waals surface area contributed by atoms with Gasteiger partial charge in [0.1, 0.15) is 35.4 Å². The van der Waals surface area contributed by atoms with E-state index in [1.807, 2.05) is 0 Å². The molecule has 11 heteroatoms. The molecule has 2 aromatic heterocycles. The van der Waals surface area contributed by atoms with Gasteiger partial charge in [-0.25, -0.2) is 9.97 Å². The molecule has 0 spiro atoms. The molecule has 0 saturated carbocycles. The van der Waals surface area contributed by atoms with Crippen LogP contribution in [0, 0.1) is 0 Å². The Labute approximate surface area is 131 Å². The summed E-state index contributed by atoms with van der Waals surface area (Å²) in [4.78, 5) is 7.30. The van der Waals surface area contributed by atoms with E-state index in [-0.39, 0.29) is 5.65 Å². The van der Waals surface area contributed by atoms with Crippen molar-refractivity contribution in [2.75, 3.05) is 6.61 Å². The number of hydrogen-bond acceptors (Lipinski definition) is 6. The summed E-state index contributed by atoms with van der Waals surface area (Å²) in [6, 6.07) is 0. The molecule has 0 radical (unpaired) electrons. The lowest BCUT2D eigenvalue weighted by atomic mass is 10.1. The van der Waals surface area contributed by atoms with E-state index in [9.17, 15) is 23.4 Å². The molecule has 0 unspecified atom stereocenters. The van der Waals surface area contributed by atoms with E-state index < -0.39 is 53.4 Å². The maximum Gasteiger partial charge on any atom is 0.418 e. The summed E-state index contributed by atoms with van der Waals surface area (Å²) in [6.45, 7) is -0.601. The SMILES string of the molecule is OC[C@H]1O[C@H](n2cc(C(F)(F)F)c3c(Cl)ncnc32)[C@H](O)[C@@H]1O. The quantitative estimate of drug-likeness (QED) is 0.688. The first-order chi connectivity index (χ1) is 10.8. The lowest BCUT2D eigenvalue weighted by Gasteiger charge is -2.17. The van der Waals surface area contributed by atoms with E-state index in [2.05, 4.69) is 9.97 Å². The molecular formula is C12H11ClF3N3O4. The van der Waals surface area contributed by atoms with Crippen LogP contribution in [0.5, 0.6) is 0 Å². The normalized spacial score (nSPS) is 28.7. The average Bonchev–Trinajstić information content (AvgIpc) is 3.00. The number of aromatic nitrogens is 3. The molecule has 1 aliphatic heterocycles. The third-order valence-electron chi connectivity index (χ3n) is 3.66. The molecule has 1 saturated heterocycles. The van der Waals surface area contributed by atoms with Crippen LogP contribution in [0.1, 0.15) is 11.8 Å². The second-order valence-electron chi connectivity index (χ2n) is 5.04. The summed E-state index contributed by atoms with van der Waals surface area (Å²) in [6.07, 6.45) is -8.54. The first-order valence-electron chi connectivity index (χ1n) is 6.46. The summed E-state index contributed by atoms with van der Waals surface area (Å²) in [5.41, 5.74) is -1.29. The van der Waals surface area contributed by atoms with Gasteiger partial charge in [0.15, 0.2) is 6.23 Å². The Kier molecular flexibility index (Phi) is 3.97. The Hall–Kier alpha value is -1.46. The monoisotopic (exact) mass is 353 g/mol. The van der Waals surface area contributed by atoms with Gasteiger partial charge >= 0.3 is 6.18 Å². The molecular weight excluding hydrogens is 343 g/mol. The predicted octanol–water partition coefficient (Wildman–Crippen LogP) is 0.715. The van der Waals surface area contributed by atoms with Crippen molar-refractivity contribution in [1.82, 2.24) is 14.5 Å². The highest BCUT2D eigenvalue weighted by Gasteiger charge is 2.45. The second kappa shape index (κ2) is 5.56. The van der Waals surface area contributed by atoms with Crippen LogP contribution in [0.2, 0.25) is 5.15 Å². The molecule has 0 amide bonds. The summed E-state index contributed by atoms with van der Waals surface area (Å²) in [7, 11) is 0. The smallest absolute Gasteiger partial charge is 0.394 e. The van der Waals surface area contributed by atoms with Crippen LogP contribution >= 0.6 is 11.6 Å². The summed E-state index contributed by atoms with van der Waals surface area (Å²) in [5, 5.41) is 28.0. The predicted molar refractivity (Wildman–Crippen MR) is 70.5 cm³/mol. The molecule has 4 atom stereocenters. The van der Waals surface area contributed by atoms with Gasteiger partial charge in [0.2, 0.25) is 0 Å². The van der Waals surface area contributed by atoms with Gasteiger partial charge in [-0.1, -0.05) is 11.6 Å². The standard InChI is InChI=1S/C12H11ClF3N3O4/c13-9-6-4(12(14,15)16)1-19(10(6)18-3-17-9)11-8(22)7(21)5(2-20)23-11/h1,3,5,7-8,11,20-22H,2H2/t5-,7-,8-,11+/m1/s1. The first-order valence-corrected chi connectivity index (χ1v) is 6.84. The number of halogens is 4. The fourth-order valence-electron chi connectivity index (χ4n) is 2.57. The van der Waals surface area contributed by atoms with Crippen molar-refractivity contribution >= 4 is 22.6 Å². The number of aliphatic hydroxyl groups excluding tert-OH is 3. The molecule has 7 nitrogen and oxygen atoms in total. The van der Waals surface area contributed by atoms with Gasteiger partial charge in [0.05, 0.1) is 17.6 Å². The maximum atomic E-state index is 13.2. The van der Waals surface area contributed by atoms with Crippen molar-refractivity contribution in [3.8, 4) is 0 Å². The van der Waals surface area contributed by atoms with Crippen molar-refractivity contribution < 1.29 is 33.2 Å². The summed E-state index contributed by atoms with van der Waals surface area (Å²) in [5.74, 6) is 0. The van der Waals surface area contributed by atoms with Gasteiger partial charge in [-0.15, -0.1) is 0 Å². The van der Waals surface area contributed by atoms with Gasteiger partial charge in [0.25, 0.3) is 0 Å². The highest BCUT2D eigenvalue weighted by Crippen LogP contribution is 2.41. The average molecular weight is 354 g/mol. The molecule has 126 valence electrons. The molecule has 23 heavy (non-hydrogen) atoms. The third kappa shape index (κ3) is 2.56. The van der Waals surface area contributed by atoms with E-state index in [4.69, 9.17) is 21.4 Å². The molecule has 2 aromatic rings. The van der Waals surface area contributed by atoms with Gasteiger partial charge in [-0.3, -0.25) is 0 Å². The lowest BCUT2D eigenvalue weighted by Crippen LogP contribution is -2.33. The van der Waals surface area contributed by atoms with E-state index >= 15 is 0 Å². The zero-order valence-corrected chi connectivity index (χ0v) is 12.0. The summed E-state index contributed by atoms with van der Waals surface area (Å²) >= 11 is 5.75. The molecule has 0 aliphatic carbocycles. The molecule has 0 bridgehead atoms. The molecule has 3 N–H and O–H groups in total. The number of alkyl halides is 3. The number of rotatable bonds is 2. The Morgan fingerprint density at radius 3 is 2.52 bits per heavy atom. The van der Waals surface area contributed by atoms with Crippen molar-refractivity contribution in [3.63, 3.8) is 0 Å². The number of hydrogen-bond donors (Lipinski definition) is 3. The fraction of sp³-hybridized carbons (Fsp3) is 0.500. The molecule has 0 aromatic carbocycles. The van der Waals surface area contributed by atoms with Crippen LogP contribution in [-0.2, 0) is 10.9 Å². The van der Waals surface area contributed by atoms with Gasteiger partial charge in [-0.2, -0.15) is 13.2 Å². The minimum atomic E-state index is -4.73. The van der Waals surface area contributed by atoms with Crippen LogP contribution in [0.4, 0.5) is 13.2 Å². The van der Waals surface area contributed by atoms with E-state index in [0.29, 0.717) is 6.20 Å². The Morgan fingerprint density at radius 2 is 1.96 bits per heavy atom. The zero-order chi connectivity index (χ0) is 16.9. The Morgan fingerprint density at radius 1 is 1.26 bits per heavy atom. The number of aliphatic hydroxyl groups is 3. The zero-order valence-electron chi connectivity index (χ0n) is 11.3. The van der Waals surface area contributed by atoms with Crippen molar-refractivity contribution in [3.05, 3.63) is 23.2 Å². The fourth-order valence-corrected chi connectivity index (χ4v) is 2.80. The number of fused-ring (bicyclic) bond motifs is 1. The van der Waals surface area contributed by atoms with Crippen molar-refractivity contribution in [1.29, 1.82) is 0 Å². The van der Waals surface area contributed by atoms with Crippen LogP contribution < -0.4 is 0 Å². The van der Waals surface area contributed by atoms with E-state index in [1.165, 1.54) is 0 Å². The van der Waals surface area contributed by atoms with Crippen LogP contribution in [-0.4, -0.2) is 54.8 Å². The van der Waals surface area contributed by atoms with Crippen molar-refractivity contribution in [2.24, 2.45) is 0 Å². The van der Waals surface area contributed by atoms with Crippen LogP contribution in [0.15, 0.2) is 12.5 Å². The number of ether oxygens (including phenoxy) is 1. The Bertz CT molecular complexity index is 738. The number of nitrogens with zero attached hydrogens (tertiary/aromatic N) is 3. The molecule has 3 rings (SSSR count). The minimum Gasteiger partial charge on any atom is -0.394 e. The Balaban J connectivity index is 2.18. The maximum absolute atomic E-state index is 13.2. The van der Waals surface area contributed by atoms with E-state index in [1.54, 1.807) is 0 Å². The first kappa shape index (κ1) is 16.4. The topological polar surface area (TPSA) is 101 Å². The van der Waals surface area contributed by atoms with E-state index in [0.717, 1.165) is 10.9 Å². The minimum absolute atomic E-state index is 0.202. The lowest BCUT2D eigenvalue weighted by molar-refractivity contribution is -0.136. The highest BCUT2D eigenvalue weighted by atomic mass is 35.5. The molecule has 1 aliphatic rings. The third-order valence-corrected chi connectivity index (χ3v) is 3.95. The largest absolute Gasteiger partial charge is 0.418 e.